The molecule has 122 valence electrons. The van der Waals surface area contributed by atoms with Crippen LogP contribution in [0.15, 0.2) is 28.8 Å². The first kappa shape index (κ1) is 15.4. The number of halogens is 1. The van der Waals surface area contributed by atoms with E-state index in [1.807, 2.05) is 0 Å². The molecular weight excluding hydrogens is 303 g/mol. The lowest BCUT2D eigenvalue weighted by Gasteiger charge is -2.08. The zero-order valence-corrected chi connectivity index (χ0v) is 12.4. The van der Waals surface area contributed by atoms with Crippen molar-refractivity contribution in [3.63, 3.8) is 0 Å². The number of ether oxygens (including phenoxy) is 1. The second kappa shape index (κ2) is 7.19. The van der Waals surface area contributed by atoms with Gasteiger partial charge in [-0.25, -0.2) is 4.39 Å². The molecule has 1 aliphatic heterocycles. The summed E-state index contributed by atoms with van der Waals surface area (Å²) < 4.78 is 23.7. The van der Waals surface area contributed by atoms with Gasteiger partial charge in [0.1, 0.15) is 0 Å². The van der Waals surface area contributed by atoms with E-state index in [1.54, 1.807) is 12.1 Å². The molecule has 2 aromatic rings. The Hall–Kier alpha value is -2.48. The minimum absolute atomic E-state index is 0.0113. The van der Waals surface area contributed by atoms with E-state index in [0.717, 1.165) is 19.4 Å². The van der Waals surface area contributed by atoms with Crippen LogP contribution >= 0.6 is 0 Å². The van der Waals surface area contributed by atoms with Gasteiger partial charge in [0.05, 0.1) is 12.6 Å². The summed E-state index contributed by atoms with van der Waals surface area (Å²) in [6.07, 6.45) is 1.83. The van der Waals surface area contributed by atoms with Crippen molar-refractivity contribution >= 4 is 5.91 Å². The fraction of sp³-hybridized carbons (Fsp3) is 0.400. The minimum Gasteiger partial charge on any atom is -0.482 e. The van der Waals surface area contributed by atoms with Crippen molar-refractivity contribution in [2.75, 3.05) is 6.54 Å². The highest BCUT2D eigenvalue weighted by molar-refractivity contribution is 5.81. The number of hydrogen-bond donors (Lipinski definition) is 2. The van der Waals surface area contributed by atoms with Gasteiger partial charge in [0.25, 0.3) is 0 Å². The topological polar surface area (TPSA) is 89.3 Å². The van der Waals surface area contributed by atoms with Crippen LogP contribution in [0.25, 0.3) is 0 Å². The number of amides is 1. The summed E-state index contributed by atoms with van der Waals surface area (Å²) in [5, 5.41) is 9.58. The summed E-state index contributed by atoms with van der Waals surface area (Å²) in [6.45, 7) is 1.00. The molecule has 1 aliphatic rings. The van der Waals surface area contributed by atoms with E-state index in [2.05, 4.69) is 20.8 Å². The second-order valence-corrected chi connectivity index (χ2v) is 5.19. The van der Waals surface area contributed by atoms with Crippen LogP contribution in [-0.2, 0) is 17.9 Å². The maximum atomic E-state index is 13.4. The highest BCUT2D eigenvalue weighted by Crippen LogP contribution is 2.16. The minimum atomic E-state index is -0.451. The van der Waals surface area contributed by atoms with Gasteiger partial charge < -0.3 is 19.9 Å². The van der Waals surface area contributed by atoms with E-state index >= 15 is 0 Å². The van der Waals surface area contributed by atoms with E-state index in [0.29, 0.717) is 0 Å². The number of nitrogens with one attached hydrogen (secondary N) is 2. The summed E-state index contributed by atoms with van der Waals surface area (Å²) in [5.74, 6) is 0.164. The number of nitrogens with zero attached hydrogens (tertiary/aromatic N) is 2. The predicted octanol–water partition coefficient (Wildman–Crippen LogP) is 1.16. The molecule has 1 fully saturated rings. The molecule has 0 spiro atoms. The standard InChI is InChI=1S/C15H17FN4O3/c16-10-4-1-2-6-12(10)22-9-13-19-14(23-20-13)8-18-15(21)11-5-3-7-17-11/h1-2,4,6,11,17H,3,5,7-9H2,(H,18,21). The number of benzene rings is 1. The Morgan fingerprint density at radius 1 is 1.48 bits per heavy atom. The first-order valence-corrected chi connectivity index (χ1v) is 7.42. The number of rotatable bonds is 6. The predicted molar refractivity (Wildman–Crippen MR) is 77.9 cm³/mol. The third-order valence-corrected chi connectivity index (χ3v) is 3.49. The van der Waals surface area contributed by atoms with Crippen molar-refractivity contribution in [3.05, 3.63) is 41.8 Å². The van der Waals surface area contributed by atoms with Gasteiger partial charge in [-0.1, -0.05) is 17.3 Å². The second-order valence-electron chi connectivity index (χ2n) is 5.19. The molecule has 1 atom stereocenters. The number of carbonyl (C=O) groups excluding carboxylic acids is 1. The maximum Gasteiger partial charge on any atom is 0.246 e. The molecule has 1 unspecified atom stereocenters. The van der Waals surface area contributed by atoms with Crippen LogP contribution in [0.5, 0.6) is 5.75 Å². The van der Waals surface area contributed by atoms with E-state index in [9.17, 15) is 9.18 Å². The lowest BCUT2D eigenvalue weighted by molar-refractivity contribution is -0.123. The monoisotopic (exact) mass is 320 g/mol. The van der Waals surface area contributed by atoms with Gasteiger partial charge in [0.15, 0.2) is 18.2 Å². The smallest absolute Gasteiger partial charge is 0.246 e. The zero-order chi connectivity index (χ0) is 16.1. The third-order valence-electron chi connectivity index (χ3n) is 3.49. The molecule has 2 N–H and O–H groups in total. The molecule has 0 radical (unpaired) electrons. The van der Waals surface area contributed by atoms with Crippen LogP contribution in [0.1, 0.15) is 24.6 Å². The Morgan fingerprint density at radius 2 is 2.35 bits per heavy atom. The molecule has 1 aromatic heterocycles. The van der Waals surface area contributed by atoms with E-state index in [1.165, 1.54) is 12.1 Å². The number of hydrogen-bond acceptors (Lipinski definition) is 6. The molecule has 7 nitrogen and oxygen atoms in total. The molecule has 0 aliphatic carbocycles. The van der Waals surface area contributed by atoms with E-state index in [-0.39, 0.29) is 42.6 Å². The van der Waals surface area contributed by atoms with Gasteiger partial charge in [-0.15, -0.1) is 0 Å². The van der Waals surface area contributed by atoms with Crippen molar-refractivity contribution < 1.29 is 18.4 Å². The molecule has 8 heteroatoms. The average Bonchev–Trinajstić information content (AvgIpc) is 3.24. The molecule has 0 bridgehead atoms. The van der Waals surface area contributed by atoms with Gasteiger partial charge in [-0.2, -0.15) is 4.98 Å². The largest absolute Gasteiger partial charge is 0.482 e. The van der Waals surface area contributed by atoms with Crippen LogP contribution in [0, 0.1) is 5.82 Å². The van der Waals surface area contributed by atoms with Crippen molar-refractivity contribution in [1.29, 1.82) is 0 Å². The molecule has 3 rings (SSSR count). The van der Waals surface area contributed by atoms with Gasteiger partial charge in [-0.3, -0.25) is 4.79 Å². The normalized spacial score (nSPS) is 17.2. The summed E-state index contributed by atoms with van der Waals surface area (Å²) in [7, 11) is 0. The number of carbonyl (C=O) groups is 1. The molecule has 1 aromatic carbocycles. The highest BCUT2D eigenvalue weighted by Gasteiger charge is 2.22. The van der Waals surface area contributed by atoms with Crippen molar-refractivity contribution in [1.82, 2.24) is 20.8 Å². The van der Waals surface area contributed by atoms with Gasteiger partial charge in [0, 0.05) is 0 Å². The lowest BCUT2D eigenvalue weighted by atomic mass is 10.2. The van der Waals surface area contributed by atoms with Crippen molar-refractivity contribution in [2.45, 2.75) is 32.0 Å². The Kier molecular flexibility index (Phi) is 4.82. The Balaban J connectivity index is 1.48. The molecular formula is C15H17FN4O3. The van der Waals surface area contributed by atoms with Crippen LogP contribution in [0.2, 0.25) is 0 Å². The van der Waals surface area contributed by atoms with Gasteiger partial charge in [0.2, 0.25) is 17.6 Å². The quantitative estimate of drug-likeness (QED) is 0.830. The average molecular weight is 320 g/mol. The Morgan fingerprint density at radius 3 is 3.13 bits per heavy atom. The molecule has 1 amide bonds. The SMILES string of the molecule is O=C(NCc1nc(COc2ccccc2F)no1)C1CCCN1. The third kappa shape index (κ3) is 4.04. The summed E-state index contributed by atoms with van der Waals surface area (Å²) >= 11 is 0. The van der Waals surface area contributed by atoms with Gasteiger partial charge in [-0.05, 0) is 31.5 Å². The Bertz CT molecular complexity index is 670. The zero-order valence-electron chi connectivity index (χ0n) is 12.4. The highest BCUT2D eigenvalue weighted by atomic mass is 19.1. The molecule has 1 saturated heterocycles. The molecule has 23 heavy (non-hydrogen) atoms. The van der Waals surface area contributed by atoms with Crippen molar-refractivity contribution in [2.24, 2.45) is 0 Å². The van der Waals surface area contributed by atoms with Crippen LogP contribution in [-0.4, -0.2) is 28.6 Å². The van der Waals surface area contributed by atoms with Crippen LogP contribution in [0.4, 0.5) is 4.39 Å². The van der Waals surface area contributed by atoms with Crippen LogP contribution in [0.3, 0.4) is 0 Å². The van der Waals surface area contributed by atoms with Crippen LogP contribution < -0.4 is 15.4 Å². The maximum absolute atomic E-state index is 13.4. The van der Waals surface area contributed by atoms with E-state index in [4.69, 9.17) is 9.26 Å². The number of para-hydroxylation sites is 1. The summed E-state index contributed by atoms with van der Waals surface area (Å²) in [4.78, 5) is 15.9. The lowest BCUT2D eigenvalue weighted by Crippen LogP contribution is -2.40. The molecule has 0 saturated carbocycles. The van der Waals surface area contributed by atoms with Crippen molar-refractivity contribution in [3.8, 4) is 5.75 Å². The first-order valence-electron chi connectivity index (χ1n) is 7.42. The fourth-order valence-corrected chi connectivity index (χ4v) is 2.32. The summed E-state index contributed by atoms with van der Waals surface area (Å²) in [5.41, 5.74) is 0. The number of aromatic nitrogens is 2. The summed E-state index contributed by atoms with van der Waals surface area (Å²) in [6, 6.07) is 5.93. The Labute approximate surface area is 132 Å². The van der Waals surface area contributed by atoms with Gasteiger partial charge >= 0.3 is 0 Å². The first-order chi connectivity index (χ1) is 11.2. The van der Waals surface area contributed by atoms with E-state index < -0.39 is 5.82 Å². The molecule has 2 heterocycles. The fourth-order valence-electron chi connectivity index (χ4n) is 2.32.